The van der Waals surface area contributed by atoms with Gasteiger partial charge in [0.05, 0.1) is 5.54 Å². The maximum Gasteiger partial charge on any atom is 0.174 e. The Morgan fingerprint density at radius 1 is 1.13 bits per heavy atom. The van der Waals surface area contributed by atoms with E-state index < -0.39 is 0 Å². The lowest BCUT2D eigenvalue weighted by molar-refractivity contribution is 0.305. The third kappa shape index (κ3) is 3.98. The average molecular weight is 210 g/mol. The molecule has 1 heterocycles. The molecule has 0 unspecified atom stereocenters. The topological polar surface area (TPSA) is 43.6 Å². The Morgan fingerprint density at radius 2 is 1.87 bits per heavy atom. The molecule has 0 aliphatic heterocycles. The largest absolute Gasteiger partial charge is 0.174 e. The number of rotatable bonds is 5. The number of hydrogen-bond donors (Lipinski definition) is 0. The van der Waals surface area contributed by atoms with E-state index in [0.29, 0.717) is 0 Å². The second-order valence-corrected chi connectivity index (χ2v) is 4.98. The lowest BCUT2D eigenvalue weighted by atomic mass is 10.1. The van der Waals surface area contributed by atoms with E-state index in [1.807, 2.05) is 0 Å². The van der Waals surface area contributed by atoms with Crippen LogP contribution >= 0.6 is 0 Å². The van der Waals surface area contributed by atoms with Gasteiger partial charge in [0.15, 0.2) is 5.82 Å². The highest BCUT2D eigenvalue weighted by Gasteiger charge is 2.16. The quantitative estimate of drug-likeness (QED) is 0.701. The molecule has 0 aliphatic rings. The first-order valence-electron chi connectivity index (χ1n) is 5.83. The molecule has 0 radical (unpaired) electrons. The first-order valence-corrected chi connectivity index (χ1v) is 5.83. The summed E-state index contributed by atoms with van der Waals surface area (Å²) in [5.41, 5.74) is -0.0608. The van der Waals surface area contributed by atoms with Gasteiger partial charge in [-0.05, 0) is 32.4 Å². The van der Waals surface area contributed by atoms with Crippen LogP contribution in [0.25, 0.3) is 0 Å². The van der Waals surface area contributed by atoms with Crippen LogP contribution in [0.1, 0.15) is 59.2 Å². The molecular formula is C11H22N4. The van der Waals surface area contributed by atoms with E-state index in [-0.39, 0.29) is 5.54 Å². The lowest BCUT2D eigenvalue weighted by Crippen LogP contribution is -2.24. The van der Waals surface area contributed by atoms with E-state index in [0.717, 1.165) is 12.2 Å². The van der Waals surface area contributed by atoms with Crippen molar-refractivity contribution in [2.45, 2.75) is 65.3 Å². The second-order valence-electron chi connectivity index (χ2n) is 4.98. The van der Waals surface area contributed by atoms with E-state index in [1.165, 1.54) is 25.7 Å². The highest BCUT2D eigenvalue weighted by molar-refractivity contribution is 4.79. The molecule has 86 valence electrons. The van der Waals surface area contributed by atoms with Crippen LogP contribution in [0, 0.1) is 0 Å². The normalized spacial score (nSPS) is 12.0. The molecule has 0 bridgehead atoms. The monoisotopic (exact) mass is 210 g/mol. The van der Waals surface area contributed by atoms with Gasteiger partial charge in [0, 0.05) is 6.42 Å². The van der Waals surface area contributed by atoms with Crippen LogP contribution < -0.4 is 0 Å². The van der Waals surface area contributed by atoms with E-state index in [2.05, 4.69) is 43.1 Å². The zero-order chi connectivity index (χ0) is 11.3. The van der Waals surface area contributed by atoms with Crippen molar-refractivity contribution >= 4 is 0 Å². The fraction of sp³-hybridized carbons (Fsp3) is 0.909. The molecule has 0 amide bonds. The number of aryl methyl sites for hydroxylation is 1. The molecule has 1 rings (SSSR count). The second kappa shape index (κ2) is 5.24. The third-order valence-corrected chi connectivity index (χ3v) is 2.31. The molecule has 0 N–H and O–H groups in total. The minimum atomic E-state index is -0.0608. The highest BCUT2D eigenvalue weighted by Crippen LogP contribution is 2.10. The fourth-order valence-electron chi connectivity index (χ4n) is 1.34. The van der Waals surface area contributed by atoms with Gasteiger partial charge in [-0.3, -0.25) is 0 Å². The standard InChI is InChI=1S/C11H22N4/c1-5-6-7-8-9-10-12-14-15(13-10)11(2,3)4/h5-9H2,1-4H3. The molecule has 4 heteroatoms. The Hall–Kier alpha value is -0.930. The number of aromatic nitrogens is 4. The van der Waals surface area contributed by atoms with Crippen LogP contribution in [-0.2, 0) is 12.0 Å². The summed E-state index contributed by atoms with van der Waals surface area (Å²) in [6.45, 7) is 8.45. The van der Waals surface area contributed by atoms with Gasteiger partial charge < -0.3 is 0 Å². The minimum absolute atomic E-state index is 0.0608. The molecule has 0 saturated heterocycles. The van der Waals surface area contributed by atoms with Crippen LogP contribution in [0.4, 0.5) is 0 Å². The molecular weight excluding hydrogens is 188 g/mol. The molecule has 4 nitrogen and oxygen atoms in total. The van der Waals surface area contributed by atoms with Gasteiger partial charge in [0.2, 0.25) is 0 Å². The Balaban J connectivity index is 2.40. The zero-order valence-electron chi connectivity index (χ0n) is 10.3. The number of tetrazole rings is 1. The minimum Gasteiger partial charge on any atom is -0.159 e. The Morgan fingerprint density at radius 3 is 2.40 bits per heavy atom. The maximum atomic E-state index is 4.37. The van der Waals surface area contributed by atoms with Crippen molar-refractivity contribution in [3.05, 3.63) is 5.82 Å². The summed E-state index contributed by atoms with van der Waals surface area (Å²) >= 11 is 0. The molecule has 0 spiro atoms. The summed E-state index contributed by atoms with van der Waals surface area (Å²) in [5.74, 6) is 0.876. The van der Waals surface area contributed by atoms with Crippen molar-refractivity contribution in [1.29, 1.82) is 0 Å². The van der Waals surface area contributed by atoms with E-state index in [9.17, 15) is 0 Å². The first kappa shape index (κ1) is 12.1. The van der Waals surface area contributed by atoms with Crippen LogP contribution in [0.2, 0.25) is 0 Å². The van der Waals surface area contributed by atoms with Crippen LogP contribution in [0.3, 0.4) is 0 Å². The summed E-state index contributed by atoms with van der Waals surface area (Å²) in [6, 6.07) is 0. The summed E-state index contributed by atoms with van der Waals surface area (Å²) in [4.78, 5) is 1.70. The maximum absolute atomic E-state index is 4.37. The van der Waals surface area contributed by atoms with Gasteiger partial charge in [-0.1, -0.05) is 26.2 Å². The third-order valence-electron chi connectivity index (χ3n) is 2.31. The van der Waals surface area contributed by atoms with E-state index >= 15 is 0 Å². The summed E-state index contributed by atoms with van der Waals surface area (Å²) in [6.07, 6.45) is 5.95. The molecule has 15 heavy (non-hydrogen) atoms. The first-order chi connectivity index (χ1) is 7.04. The smallest absolute Gasteiger partial charge is 0.159 e. The van der Waals surface area contributed by atoms with Crippen molar-refractivity contribution in [2.75, 3.05) is 0 Å². The average Bonchev–Trinajstić information content (AvgIpc) is 2.60. The highest BCUT2D eigenvalue weighted by atomic mass is 15.6. The van der Waals surface area contributed by atoms with Gasteiger partial charge in [0.25, 0.3) is 0 Å². The summed E-state index contributed by atoms with van der Waals surface area (Å²) in [5, 5.41) is 12.5. The molecule has 0 aromatic carbocycles. The van der Waals surface area contributed by atoms with Crippen LogP contribution in [-0.4, -0.2) is 20.2 Å². The molecule has 0 aliphatic carbocycles. The SMILES string of the molecule is CCCCCCc1nnn(C(C)(C)C)n1. The van der Waals surface area contributed by atoms with Crippen LogP contribution in [0.5, 0.6) is 0 Å². The van der Waals surface area contributed by atoms with Crippen molar-refractivity contribution in [3.8, 4) is 0 Å². The molecule has 0 fully saturated rings. The molecule has 1 aromatic heterocycles. The van der Waals surface area contributed by atoms with Crippen molar-refractivity contribution in [3.63, 3.8) is 0 Å². The molecule has 0 saturated carbocycles. The number of unbranched alkanes of at least 4 members (excludes halogenated alkanes) is 3. The predicted molar refractivity (Wildman–Crippen MR) is 60.7 cm³/mol. The number of nitrogens with zero attached hydrogens (tertiary/aromatic N) is 4. The molecule has 0 atom stereocenters. The molecule has 1 aromatic rings. The van der Waals surface area contributed by atoms with Gasteiger partial charge in [-0.25, -0.2) is 0 Å². The lowest BCUT2D eigenvalue weighted by Gasteiger charge is -2.15. The van der Waals surface area contributed by atoms with Crippen LogP contribution in [0.15, 0.2) is 0 Å². The van der Waals surface area contributed by atoms with Gasteiger partial charge in [-0.15, -0.1) is 10.2 Å². The van der Waals surface area contributed by atoms with Crippen molar-refractivity contribution in [2.24, 2.45) is 0 Å². The summed E-state index contributed by atoms with van der Waals surface area (Å²) < 4.78 is 0. The Labute approximate surface area is 92.1 Å². The van der Waals surface area contributed by atoms with E-state index in [4.69, 9.17) is 0 Å². The van der Waals surface area contributed by atoms with Gasteiger partial charge in [-0.2, -0.15) is 4.80 Å². The Kier molecular flexibility index (Phi) is 4.24. The van der Waals surface area contributed by atoms with Gasteiger partial charge in [0.1, 0.15) is 0 Å². The van der Waals surface area contributed by atoms with Crippen molar-refractivity contribution < 1.29 is 0 Å². The number of hydrogen-bond acceptors (Lipinski definition) is 3. The van der Waals surface area contributed by atoms with Gasteiger partial charge >= 0.3 is 0 Å². The fourth-order valence-corrected chi connectivity index (χ4v) is 1.34. The predicted octanol–water partition coefficient (Wildman–Crippen LogP) is 2.55. The summed E-state index contributed by atoms with van der Waals surface area (Å²) in [7, 11) is 0. The van der Waals surface area contributed by atoms with E-state index in [1.54, 1.807) is 4.80 Å². The Bertz CT molecular complexity index is 285. The van der Waals surface area contributed by atoms with Crippen molar-refractivity contribution in [1.82, 2.24) is 20.2 Å². The zero-order valence-corrected chi connectivity index (χ0v) is 10.3.